The molecule has 108 valence electrons. The lowest BCUT2D eigenvalue weighted by Crippen LogP contribution is -2.44. The minimum atomic E-state index is -0.971. The number of carbonyl (C=O) groups is 2. The third-order valence-electron chi connectivity index (χ3n) is 3.33. The fraction of sp³-hybridized carbons (Fsp3) is 0.429. The van der Waals surface area contributed by atoms with E-state index in [0.29, 0.717) is 17.1 Å². The number of nitrogens with zero attached hydrogens (tertiary/aromatic N) is 1. The van der Waals surface area contributed by atoms with Crippen molar-refractivity contribution in [1.82, 2.24) is 4.90 Å². The molecule has 0 aromatic heterocycles. The summed E-state index contributed by atoms with van der Waals surface area (Å²) in [4.78, 5) is 25.4. The lowest BCUT2D eigenvalue weighted by molar-refractivity contribution is -0.141. The first kappa shape index (κ1) is 14.7. The van der Waals surface area contributed by atoms with Crippen molar-refractivity contribution in [3.63, 3.8) is 0 Å². The molecule has 1 amide bonds. The Morgan fingerprint density at radius 1 is 1.45 bits per heavy atom. The van der Waals surface area contributed by atoms with Crippen LogP contribution in [0, 0.1) is 6.92 Å². The van der Waals surface area contributed by atoms with Crippen LogP contribution in [-0.4, -0.2) is 46.2 Å². The Labute approximate surface area is 121 Å². The van der Waals surface area contributed by atoms with E-state index in [2.05, 4.69) is 0 Å². The summed E-state index contributed by atoms with van der Waals surface area (Å²) in [5, 5.41) is 9.08. The number of methoxy groups -OCH3 is 1. The van der Waals surface area contributed by atoms with Crippen molar-refractivity contribution >= 4 is 23.6 Å². The summed E-state index contributed by atoms with van der Waals surface area (Å²) >= 11 is 1.47. The van der Waals surface area contributed by atoms with Gasteiger partial charge < -0.3 is 14.7 Å². The van der Waals surface area contributed by atoms with Crippen LogP contribution in [0.3, 0.4) is 0 Å². The van der Waals surface area contributed by atoms with Crippen LogP contribution in [0.25, 0.3) is 0 Å². The number of hydrogen-bond acceptors (Lipinski definition) is 4. The summed E-state index contributed by atoms with van der Waals surface area (Å²) in [6.45, 7) is 3.72. The van der Waals surface area contributed by atoms with Crippen LogP contribution in [0.2, 0.25) is 0 Å². The number of benzene rings is 1. The van der Waals surface area contributed by atoms with Crippen LogP contribution in [0.15, 0.2) is 18.2 Å². The van der Waals surface area contributed by atoms with E-state index < -0.39 is 12.0 Å². The van der Waals surface area contributed by atoms with Crippen molar-refractivity contribution in [1.29, 1.82) is 0 Å². The van der Waals surface area contributed by atoms with Gasteiger partial charge in [-0.2, -0.15) is 0 Å². The van der Waals surface area contributed by atoms with Gasteiger partial charge in [0, 0.05) is 5.75 Å². The summed E-state index contributed by atoms with van der Waals surface area (Å²) < 4.78 is 5.21. The summed E-state index contributed by atoms with van der Waals surface area (Å²) in [5.41, 5.74) is 1.34. The molecule has 20 heavy (non-hydrogen) atoms. The molecular formula is C14H17NO4S. The third-order valence-corrected chi connectivity index (χ3v) is 4.55. The average molecular weight is 295 g/mol. The van der Waals surface area contributed by atoms with Crippen LogP contribution in [0.1, 0.15) is 22.8 Å². The normalized spacial score (nSPS) is 21.9. The molecule has 1 aliphatic rings. The number of amides is 1. The topological polar surface area (TPSA) is 66.8 Å². The minimum absolute atomic E-state index is 0.159. The predicted molar refractivity (Wildman–Crippen MR) is 77.2 cm³/mol. The summed E-state index contributed by atoms with van der Waals surface area (Å²) in [6, 6.07) is 4.53. The molecule has 5 nitrogen and oxygen atoms in total. The maximum atomic E-state index is 12.7. The number of carboxylic acids is 1. The highest BCUT2D eigenvalue weighted by molar-refractivity contribution is 8.00. The van der Waals surface area contributed by atoms with Crippen LogP contribution in [0.5, 0.6) is 5.75 Å². The second-order valence-electron chi connectivity index (χ2n) is 4.70. The second kappa shape index (κ2) is 5.75. The van der Waals surface area contributed by atoms with Crippen LogP contribution in [-0.2, 0) is 4.79 Å². The average Bonchev–Trinajstić information content (AvgIpc) is 2.80. The van der Waals surface area contributed by atoms with E-state index in [1.54, 1.807) is 12.1 Å². The molecule has 1 aromatic rings. The zero-order valence-corrected chi connectivity index (χ0v) is 12.4. The highest BCUT2D eigenvalue weighted by atomic mass is 32.2. The maximum Gasteiger partial charge on any atom is 0.327 e. The van der Waals surface area contributed by atoms with Crippen molar-refractivity contribution in [2.45, 2.75) is 25.3 Å². The van der Waals surface area contributed by atoms with Gasteiger partial charge in [0.1, 0.15) is 11.8 Å². The number of carboxylic acid groups (broad SMARTS) is 1. The SMILES string of the molecule is COc1ccc(C)cc1C(=O)N1C(C)SCC1C(=O)O. The first-order valence-corrected chi connectivity index (χ1v) is 7.32. The van der Waals surface area contributed by atoms with E-state index in [0.717, 1.165) is 5.56 Å². The van der Waals surface area contributed by atoms with E-state index in [1.807, 2.05) is 19.9 Å². The molecule has 6 heteroatoms. The largest absolute Gasteiger partial charge is 0.496 e. The van der Waals surface area contributed by atoms with E-state index in [-0.39, 0.29) is 11.3 Å². The highest BCUT2D eigenvalue weighted by Gasteiger charge is 2.40. The van der Waals surface area contributed by atoms with Gasteiger partial charge in [-0.05, 0) is 26.0 Å². The van der Waals surface area contributed by atoms with Crippen molar-refractivity contribution < 1.29 is 19.4 Å². The molecule has 1 saturated heterocycles. The fourth-order valence-corrected chi connectivity index (χ4v) is 3.44. The lowest BCUT2D eigenvalue weighted by atomic mass is 10.1. The third kappa shape index (κ3) is 2.60. The predicted octanol–water partition coefficient (Wildman–Crippen LogP) is 1.99. The molecule has 2 atom stereocenters. The summed E-state index contributed by atoms with van der Waals surface area (Å²) in [5.74, 6) is -0.387. The molecule has 1 heterocycles. The van der Waals surface area contributed by atoms with Crippen LogP contribution < -0.4 is 4.74 Å². The van der Waals surface area contributed by atoms with Crippen molar-refractivity contribution in [2.75, 3.05) is 12.9 Å². The van der Waals surface area contributed by atoms with Gasteiger partial charge >= 0.3 is 5.97 Å². The van der Waals surface area contributed by atoms with Crippen molar-refractivity contribution in [3.05, 3.63) is 29.3 Å². The smallest absolute Gasteiger partial charge is 0.327 e. The van der Waals surface area contributed by atoms with Gasteiger partial charge in [0.2, 0.25) is 0 Å². The van der Waals surface area contributed by atoms with Gasteiger partial charge in [0.15, 0.2) is 0 Å². The first-order chi connectivity index (χ1) is 9.45. The van der Waals surface area contributed by atoms with Crippen molar-refractivity contribution in [2.24, 2.45) is 0 Å². The van der Waals surface area contributed by atoms with Gasteiger partial charge in [-0.15, -0.1) is 11.8 Å². The quantitative estimate of drug-likeness (QED) is 0.923. The number of hydrogen-bond donors (Lipinski definition) is 1. The number of aliphatic carboxylic acids is 1. The van der Waals surface area contributed by atoms with Crippen molar-refractivity contribution in [3.8, 4) is 5.75 Å². The minimum Gasteiger partial charge on any atom is -0.496 e. The lowest BCUT2D eigenvalue weighted by Gasteiger charge is -2.25. The zero-order valence-electron chi connectivity index (χ0n) is 11.6. The fourth-order valence-electron chi connectivity index (χ4n) is 2.27. The summed E-state index contributed by atoms with van der Waals surface area (Å²) in [6.07, 6.45) is 0. The molecular weight excluding hydrogens is 278 g/mol. The molecule has 0 spiro atoms. The Kier molecular flexibility index (Phi) is 4.23. The van der Waals surface area contributed by atoms with Gasteiger partial charge in [-0.3, -0.25) is 4.79 Å². The highest BCUT2D eigenvalue weighted by Crippen LogP contribution is 2.32. The first-order valence-electron chi connectivity index (χ1n) is 6.27. The Bertz CT molecular complexity index is 546. The van der Waals surface area contributed by atoms with Gasteiger partial charge in [-0.1, -0.05) is 11.6 Å². The molecule has 1 fully saturated rings. The molecule has 0 bridgehead atoms. The van der Waals surface area contributed by atoms with E-state index in [4.69, 9.17) is 4.74 Å². The van der Waals surface area contributed by atoms with Gasteiger partial charge in [-0.25, -0.2) is 4.79 Å². The summed E-state index contributed by atoms with van der Waals surface area (Å²) in [7, 11) is 1.50. The Hall–Kier alpha value is -1.69. The van der Waals surface area contributed by atoms with Crippen LogP contribution >= 0.6 is 11.8 Å². The monoisotopic (exact) mass is 295 g/mol. The standard InChI is InChI=1S/C14H17NO4S/c1-8-4-5-12(19-3)10(6-8)13(16)15-9(2)20-7-11(15)14(17)18/h4-6,9,11H,7H2,1-3H3,(H,17,18). The number of aryl methyl sites for hydroxylation is 1. The molecule has 1 N–H and O–H groups in total. The Balaban J connectivity index is 2.39. The number of rotatable bonds is 3. The number of ether oxygens (including phenoxy) is 1. The molecule has 0 aliphatic carbocycles. The Morgan fingerprint density at radius 2 is 2.15 bits per heavy atom. The number of carbonyl (C=O) groups excluding carboxylic acids is 1. The molecule has 0 radical (unpaired) electrons. The molecule has 1 aromatic carbocycles. The van der Waals surface area contributed by atoms with E-state index in [9.17, 15) is 14.7 Å². The van der Waals surface area contributed by atoms with E-state index >= 15 is 0 Å². The van der Waals surface area contributed by atoms with Gasteiger partial charge in [0.25, 0.3) is 5.91 Å². The Morgan fingerprint density at radius 3 is 2.75 bits per heavy atom. The molecule has 2 unspecified atom stereocenters. The molecule has 2 rings (SSSR count). The van der Waals surface area contributed by atoms with Gasteiger partial charge in [0.05, 0.1) is 18.0 Å². The van der Waals surface area contributed by atoms with E-state index in [1.165, 1.54) is 23.8 Å². The maximum absolute atomic E-state index is 12.7. The number of thioether (sulfide) groups is 1. The second-order valence-corrected chi connectivity index (χ2v) is 6.05. The molecule has 1 aliphatic heterocycles. The molecule has 0 saturated carbocycles. The van der Waals surface area contributed by atoms with Crippen LogP contribution in [0.4, 0.5) is 0 Å². The zero-order chi connectivity index (χ0) is 14.9.